The molecule has 1 aliphatic carbocycles. The number of nitrogens with zero attached hydrogens (tertiary/aromatic N) is 1. The molecule has 0 aromatic rings. The summed E-state index contributed by atoms with van der Waals surface area (Å²) in [6.45, 7) is 9.33. The van der Waals surface area contributed by atoms with Crippen molar-refractivity contribution in [1.29, 1.82) is 0 Å². The van der Waals surface area contributed by atoms with Gasteiger partial charge in [-0.1, -0.05) is 19.8 Å². The molecule has 0 radical (unpaired) electrons. The Hall–Kier alpha value is -0.560. The van der Waals surface area contributed by atoms with Crippen molar-refractivity contribution in [3.05, 3.63) is 0 Å². The van der Waals surface area contributed by atoms with Crippen molar-refractivity contribution in [2.24, 2.45) is 0 Å². The third kappa shape index (κ3) is 4.22. The van der Waals surface area contributed by atoms with Crippen LogP contribution in [0, 0.1) is 11.8 Å². The van der Waals surface area contributed by atoms with Gasteiger partial charge in [0.2, 0.25) is 0 Å². The molecule has 0 spiro atoms. The number of nitrogens with one attached hydrogen (secondary N) is 1. The predicted octanol–water partition coefficient (Wildman–Crippen LogP) is 2.80. The Morgan fingerprint density at radius 2 is 1.95 bits per heavy atom. The Bertz CT molecular complexity index is 346. The summed E-state index contributed by atoms with van der Waals surface area (Å²) in [6, 6.07) is 0.582. The molecule has 1 saturated carbocycles. The van der Waals surface area contributed by atoms with E-state index in [2.05, 4.69) is 29.0 Å². The van der Waals surface area contributed by atoms with Gasteiger partial charge in [0.05, 0.1) is 13.2 Å². The third-order valence-corrected chi connectivity index (χ3v) is 5.13. The highest BCUT2D eigenvalue weighted by atomic mass is 16.5. The first-order valence-corrected chi connectivity index (χ1v) is 8.79. The van der Waals surface area contributed by atoms with Crippen molar-refractivity contribution in [3.63, 3.8) is 0 Å². The van der Waals surface area contributed by atoms with Crippen LogP contribution in [0.2, 0.25) is 0 Å². The lowest BCUT2D eigenvalue weighted by Gasteiger charge is -2.48. The van der Waals surface area contributed by atoms with Gasteiger partial charge in [0.25, 0.3) is 0 Å². The average molecular weight is 292 g/mol. The summed E-state index contributed by atoms with van der Waals surface area (Å²) in [5.74, 6) is 6.32. The Labute approximate surface area is 130 Å². The first-order chi connectivity index (χ1) is 10.3. The lowest BCUT2D eigenvalue weighted by molar-refractivity contribution is -0.0366. The smallest absolute Gasteiger partial charge is 0.0594 e. The number of hydrogen-bond donors (Lipinski definition) is 1. The summed E-state index contributed by atoms with van der Waals surface area (Å²) < 4.78 is 5.58. The monoisotopic (exact) mass is 292 g/mol. The standard InChI is InChI=1S/C18H32N2O/c1-3-5-6-9-17(19-12-4-2)18(10-7-8-11-18)20-13-15-21-16-14-20/h17,19H,4,6-16H2,1-2H3. The number of morpholine rings is 1. The molecule has 1 atom stereocenters. The molecule has 1 unspecified atom stereocenters. The highest BCUT2D eigenvalue weighted by Gasteiger charge is 2.45. The summed E-state index contributed by atoms with van der Waals surface area (Å²) in [5.41, 5.74) is 0.356. The molecule has 1 heterocycles. The summed E-state index contributed by atoms with van der Waals surface area (Å²) >= 11 is 0. The summed E-state index contributed by atoms with van der Waals surface area (Å²) in [4.78, 5) is 2.73. The second-order valence-corrected chi connectivity index (χ2v) is 6.38. The third-order valence-electron chi connectivity index (χ3n) is 5.13. The van der Waals surface area contributed by atoms with E-state index in [9.17, 15) is 0 Å². The van der Waals surface area contributed by atoms with Crippen LogP contribution in [-0.2, 0) is 4.74 Å². The van der Waals surface area contributed by atoms with Crippen molar-refractivity contribution in [3.8, 4) is 11.8 Å². The van der Waals surface area contributed by atoms with Crippen LogP contribution in [0.5, 0.6) is 0 Å². The van der Waals surface area contributed by atoms with Crippen LogP contribution >= 0.6 is 0 Å². The van der Waals surface area contributed by atoms with Crippen LogP contribution in [-0.4, -0.2) is 49.3 Å². The van der Waals surface area contributed by atoms with Crippen LogP contribution in [0.3, 0.4) is 0 Å². The van der Waals surface area contributed by atoms with Gasteiger partial charge >= 0.3 is 0 Å². The summed E-state index contributed by atoms with van der Waals surface area (Å²) in [5, 5.41) is 3.86. The van der Waals surface area contributed by atoms with Gasteiger partial charge in [0.1, 0.15) is 0 Å². The lowest BCUT2D eigenvalue weighted by Crippen LogP contribution is -2.62. The topological polar surface area (TPSA) is 24.5 Å². The fourth-order valence-corrected chi connectivity index (χ4v) is 4.10. The second-order valence-electron chi connectivity index (χ2n) is 6.38. The highest BCUT2D eigenvalue weighted by Crippen LogP contribution is 2.40. The fourth-order valence-electron chi connectivity index (χ4n) is 4.10. The van der Waals surface area contributed by atoms with Crippen molar-refractivity contribution in [1.82, 2.24) is 10.2 Å². The highest BCUT2D eigenvalue weighted by molar-refractivity contribution is 5.06. The van der Waals surface area contributed by atoms with E-state index in [1.54, 1.807) is 0 Å². The maximum Gasteiger partial charge on any atom is 0.0594 e. The van der Waals surface area contributed by atoms with E-state index >= 15 is 0 Å². The van der Waals surface area contributed by atoms with Gasteiger partial charge in [-0.05, 0) is 39.2 Å². The quantitative estimate of drug-likeness (QED) is 0.730. The van der Waals surface area contributed by atoms with Crippen molar-refractivity contribution >= 4 is 0 Å². The molecule has 0 bridgehead atoms. The fraction of sp³-hybridized carbons (Fsp3) is 0.889. The molecule has 3 heteroatoms. The minimum Gasteiger partial charge on any atom is -0.379 e. The molecule has 120 valence electrons. The Morgan fingerprint density at radius 3 is 2.57 bits per heavy atom. The molecule has 21 heavy (non-hydrogen) atoms. The molecule has 3 nitrogen and oxygen atoms in total. The van der Waals surface area contributed by atoms with E-state index in [1.807, 2.05) is 6.92 Å². The molecule has 0 aromatic carbocycles. The molecule has 1 aliphatic heterocycles. The second kappa shape index (κ2) is 8.78. The molecular formula is C18H32N2O. The van der Waals surface area contributed by atoms with Gasteiger partial charge in [-0.3, -0.25) is 4.90 Å². The molecule has 1 N–H and O–H groups in total. The van der Waals surface area contributed by atoms with Gasteiger partial charge in [0, 0.05) is 31.1 Å². The first-order valence-electron chi connectivity index (χ1n) is 8.79. The van der Waals surface area contributed by atoms with Crippen molar-refractivity contribution in [2.75, 3.05) is 32.8 Å². The van der Waals surface area contributed by atoms with Gasteiger partial charge < -0.3 is 10.1 Å². The molecule has 0 aromatic heterocycles. The van der Waals surface area contributed by atoms with Crippen LogP contribution in [0.1, 0.15) is 58.8 Å². The zero-order chi connectivity index (χ0) is 15.0. The molecule has 0 amide bonds. The SMILES string of the molecule is CC#CCCC(NCCC)C1(N2CCOCC2)CCCC1. The lowest BCUT2D eigenvalue weighted by atomic mass is 9.83. The minimum atomic E-state index is 0.356. The van der Waals surface area contributed by atoms with Crippen LogP contribution in [0.4, 0.5) is 0 Å². The van der Waals surface area contributed by atoms with Crippen molar-refractivity contribution in [2.45, 2.75) is 70.4 Å². The Morgan fingerprint density at radius 1 is 1.24 bits per heavy atom. The van der Waals surface area contributed by atoms with E-state index in [0.29, 0.717) is 11.6 Å². The zero-order valence-corrected chi connectivity index (χ0v) is 13.9. The van der Waals surface area contributed by atoms with Gasteiger partial charge in [-0.15, -0.1) is 11.8 Å². The average Bonchev–Trinajstić information content (AvgIpc) is 3.02. The number of hydrogen-bond acceptors (Lipinski definition) is 3. The van der Waals surface area contributed by atoms with E-state index in [0.717, 1.165) is 39.3 Å². The maximum absolute atomic E-state index is 5.58. The zero-order valence-electron chi connectivity index (χ0n) is 13.9. The van der Waals surface area contributed by atoms with Gasteiger partial charge in [-0.25, -0.2) is 0 Å². The molecule has 2 aliphatic rings. The summed E-state index contributed by atoms with van der Waals surface area (Å²) in [6.07, 6.45) is 8.83. The van der Waals surface area contributed by atoms with Gasteiger partial charge in [0.15, 0.2) is 0 Å². The summed E-state index contributed by atoms with van der Waals surface area (Å²) in [7, 11) is 0. The van der Waals surface area contributed by atoms with Crippen LogP contribution in [0.25, 0.3) is 0 Å². The molecule has 1 saturated heterocycles. The largest absolute Gasteiger partial charge is 0.379 e. The van der Waals surface area contributed by atoms with E-state index < -0.39 is 0 Å². The number of ether oxygens (including phenoxy) is 1. The maximum atomic E-state index is 5.58. The van der Waals surface area contributed by atoms with Crippen LogP contribution in [0.15, 0.2) is 0 Å². The van der Waals surface area contributed by atoms with E-state index in [-0.39, 0.29) is 0 Å². The minimum absolute atomic E-state index is 0.356. The molecular weight excluding hydrogens is 260 g/mol. The Kier molecular flexibility index (Phi) is 7.03. The first kappa shape index (κ1) is 16.8. The molecule has 2 rings (SSSR count). The van der Waals surface area contributed by atoms with Crippen LogP contribution < -0.4 is 5.32 Å². The van der Waals surface area contributed by atoms with E-state index in [4.69, 9.17) is 4.74 Å². The molecule has 2 fully saturated rings. The Balaban J connectivity index is 2.10. The predicted molar refractivity (Wildman–Crippen MR) is 88.4 cm³/mol. The normalized spacial score (nSPS) is 23.5. The van der Waals surface area contributed by atoms with Crippen molar-refractivity contribution < 1.29 is 4.74 Å². The number of rotatable bonds is 7. The van der Waals surface area contributed by atoms with Gasteiger partial charge in [-0.2, -0.15) is 0 Å². The van der Waals surface area contributed by atoms with E-state index in [1.165, 1.54) is 38.5 Å².